The SMILES string of the molecule is COc1c(F)cc(C=NN=C(N)SCc2ccccc2)cc1Cl. The first kappa shape index (κ1) is 17.3. The Morgan fingerprint density at radius 2 is 2.09 bits per heavy atom. The summed E-state index contributed by atoms with van der Waals surface area (Å²) >= 11 is 7.27. The fraction of sp³-hybridized carbons (Fsp3) is 0.125. The van der Waals surface area contributed by atoms with Crippen molar-refractivity contribution in [2.75, 3.05) is 7.11 Å². The van der Waals surface area contributed by atoms with E-state index in [9.17, 15) is 4.39 Å². The maximum atomic E-state index is 13.7. The smallest absolute Gasteiger partial charge is 0.180 e. The Hall–Kier alpha value is -2.05. The number of hydrogen-bond donors (Lipinski definition) is 1. The molecule has 4 nitrogen and oxygen atoms in total. The number of benzene rings is 2. The highest BCUT2D eigenvalue weighted by molar-refractivity contribution is 8.13. The molecule has 0 bridgehead atoms. The molecular formula is C16H15ClFN3OS. The third kappa shape index (κ3) is 5.26. The lowest BCUT2D eigenvalue weighted by molar-refractivity contribution is 0.387. The lowest BCUT2D eigenvalue weighted by Crippen LogP contribution is -2.06. The molecule has 0 aliphatic rings. The first-order valence-corrected chi connectivity index (χ1v) is 8.02. The second-order valence-electron chi connectivity index (χ2n) is 4.47. The van der Waals surface area contributed by atoms with Crippen LogP contribution in [0.1, 0.15) is 11.1 Å². The van der Waals surface area contributed by atoms with Gasteiger partial charge in [-0.15, -0.1) is 5.10 Å². The molecule has 0 saturated carbocycles. The van der Waals surface area contributed by atoms with E-state index in [1.165, 1.54) is 37.2 Å². The Kier molecular flexibility index (Phi) is 6.43. The van der Waals surface area contributed by atoms with Crippen LogP contribution >= 0.6 is 23.4 Å². The van der Waals surface area contributed by atoms with Gasteiger partial charge in [0.15, 0.2) is 16.7 Å². The Balaban J connectivity index is 1.97. The van der Waals surface area contributed by atoms with Crippen LogP contribution in [0, 0.1) is 5.82 Å². The van der Waals surface area contributed by atoms with Crippen molar-refractivity contribution in [2.45, 2.75) is 5.75 Å². The van der Waals surface area contributed by atoms with Gasteiger partial charge in [0.05, 0.1) is 18.3 Å². The zero-order valence-corrected chi connectivity index (χ0v) is 13.9. The molecule has 0 aromatic heterocycles. The van der Waals surface area contributed by atoms with Crippen molar-refractivity contribution in [3.8, 4) is 5.75 Å². The van der Waals surface area contributed by atoms with Crippen molar-refractivity contribution >= 4 is 34.7 Å². The second kappa shape index (κ2) is 8.55. The summed E-state index contributed by atoms with van der Waals surface area (Å²) in [4.78, 5) is 0. The van der Waals surface area contributed by atoms with Gasteiger partial charge in [0, 0.05) is 5.75 Å². The maximum Gasteiger partial charge on any atom is 0.180 e. The largest absolute Gasteiger partial charge is 0.492 e. The molecule has 120 valence electrons. The number of thioether (sulfide) groups is 1. The number of rotatable bonds is 5. The summed E-state index contributed by atoms with van der Waals surface area (Å²) in [6, 6.07) is 12.7. The number of halogens is 2. The Bertz CT molecular complexity index is 700. The lowest BCUT2D eigenvalue weighted by Gasteiger charge is -2.04. The molecule has 0 aliphatic carbocycles. The van der Waals surface area contributed by atoms with E-state index in [1.54, 1.807) is 0 Å². The molecule has 0 amide bonds. The van der Waals surface area contributed by atoms with Crippen LogP contribution in [0.15, 0.2) is 52.7 Å². The van der Waals surface area contributed by atoms with Gasteiger partial charge in [0.25, 0.3) is 0 Å². The molecule has 7 heteroatoms. The number of amidine groups is 1. The molecule has 2 aromatic rings. The normalized spacial score (nSPS) is 11.9. The van der Waals surface area contributed by atoms with E-state index in [-0.39, 0.29) is 10.8 Å². The number of methoxy groups -OCH3 is 1. The first-order chi connectivity index (χ1) is 11.1. The summed E-state index contributed by atoms with van der Waals surface area (Å²) in [5.74, 6) is 0.149. The Morgan fingerprint density at radius 1 is 1.35 bits per heavy atom. The highest BCUT2D eigenvalue weighted by Crippen LogP contribution is 2.28. The van der Waals surface area contributed by atoms with Crippen LogP contribution in [0.5, 0.6) is 5.75 Å². The highest BCUT2D eigenvalue weighted by Gasteiger charge is 2.08. The van der Waals surface area contributed by atoms with E-state index in [2.05, 4.69) is 10.2 Å². The quantitative estimate of drug-likeness (QED) is 0.502. The molecule has 0 fully saturated rings. The highest BCUT2D eigenvalue weighted by atomic mass is 35.5. The summed E-state index contributed by atoms with van der Waals surface area (Å²) < 4.78 is 18.5. The molecule has 2 aromatic carbocycles. The zero-order valence-electron chi connectivity index (χ0n) is 12.4. The predicted molar refractivity (Wildman–Crippen MR) is 94.9 cm³/mol. The zero-order chi connectivity index (χ0) is 16.7. The standard InChI is InChI=1S/C16H15ClFN3OS/c1-22-15-13(17)7-12(8-14(15)18)9-20-21-16(19)23-10-11-5-3-2-4-6-11/h2-9H,10H2,1H3,(H2,19,21). The van der Waals surface area contributed by atoms with Gasteiger partial charge >= 0.3 is 0 Å². The van der Waals surface area contributed by atoms with Crippen LogP contribution < -0.4 is 10.5 Å². The minimum Gasteiger partial charge on any atom is -0.492 e. The van der Waals surface area contributed by atoms with Crippen molar-refractivity contribution in [2.24, 2.45) is 15.9 Å². The molecule has 23 heavy (non-hydrogen) atoms. The average Bonchev–Trinajstić information content (AvgIpc) is 2.54. The molecule has 0 radical (unpaired) electrons. The van der Waals surface area contributed by atoms with Crippen molar-refractivity contribution < 1.29 is 9.13 Å². The molecule has 0 atom stereocenters. The van der Waals surface area contributed by atoms with Crippen LogP contribution in [0.3, 0.4) is 0 Å². The lowest BCUT2D eigenvalue weighted by atomic mass is 10.2. The third-order valence-electron chi connectivity index (χ3n) is 2.82. The first-order valence-electron chi connectivity index (χ1n) is 6.66. The van der Waals surface area contributed by atoms with Crippen LogP contribution in [-0.2, 0) is 5.75 Å². The molecular weight excluding hydrogens is 337 g/mol. The summed E-state index contributed by atoms with van der Waals surface area (Å²) in [7, 11) is 1.35. The van der Waals surface area contributed by atoms with Crippen molar-refractivity contribution in [3.63, 3.8) is 0 Å². The van der Waals surface area contributed by atoms with Gasteiger partial charge in [-0.3, -0.25) is 0 Å². The number of nitrogens with zero attached hydrogens (tertiary/aromatic N) is 2. The minimum atomic E-state index is -0.558. The number of nitrogens with two attached hydrogens (primary N) is 1. The van der Waals surface area contributed by atoms with Crippen molar-refractivity contribution in [3.05, 3.63) is 64.4 Å². The third-order valence-corrected chi connectivity index (χ3v) is 3.95. The molecule has 0 heterocycles. The van der Waals surface area contributed by atoms with E-state index in [0.717, 1.165) is 5.56 Å². The summed E-state index contributed by atoms with van der Waals surface area (Å²) in [5.41, 5.74) is 7.38. The molecule has 0 saturated heterocycles. The van der Waals surface area contributed by atoms with E-state index < -0.39 is 5.82 Å². The fourth-order valence-electron chi connectivity index (χ4n) is 1.76. The van der Waals surface area contributed by atoms with Crippen LogP contribution in [0.4, 0.5) is 4.39 Å². The molecule has 2 rings (SSSR count). The van der Waals surface area contributed by atoms with Gasteiger partial charge in [-0.25, -0.2) is 4.39 Å². The molecule has 0 unspecified atom stereocenters. The van der Waals surface area contributed by atoms with Gasteiger partial charge in [-0.1, -0.05) is 53.7 Å². The van der Waals surface area contributed by atoms with Gasteiger partial charge in [-0.2, -0.15) is 5.10 Å². The van der Waals surface area contributed by atoms with Crippen LogP contribution in [-0.4, -0.2) is 18.5 Å². The van der Waals surface area contributed by atoms with Crippen LogP contribution in [0.2, 0.25) is 5.02 Å². The number of ether oxygens (including phenoxy) is 1. The van der Waals surface area contributed by atoms with Crippen molar-refractivity contribution in [1.82, 2.24) is 0 Å². The Labute approximate surface area is 143 Å². The predicted octanol–water partition coefficient (Wildman–Crippen LogP) is 4.07. The maximum absolute atomic E-state index is 13.7. The van der Waals surface area contributed by atoms with Gasteiger partial charge < -0.3 is 10.5 Å². The van der Waals surface area contributed by atoms with Crippen molar-refractivity contribution in [1.29, 1.82) is 0 Å². The minimum absolute atomic E-state index is 0.00486. The Morgan fingerprint density at radius 3 is 2.74 bits per heavy atom. The fourth-order valence-corrected chi connectivity index (χ4v) is 2.67. The average molecular weight is 352 g/mol. The molecule has 2 N–H and O–H groups in total. The van der Waals surface area contributed by atoms with E-state index in [4.69, 9.17) is 22.1 Å². The van der Waals surface area contributed by atoms with Crippen LogP contribution in [0.25, 0.3) is 0 Å². The summed E-state index contributed by atoms with van der Waals surface area (Å²) in [5, 5.41) is 8.20. The summed E-state index contributed by atoms with van der Waals surface area (Å²) in [6.07, 6.45) is 1.38. The van der Waals surface area contributed by atoms with E-state index in [0.29, 0.717) is 16.5 Å². The second-order valence-corrected chi connectivity index (χ2v) is 5.88. The van der Waals surface area contributed by atoms with E-state index in [1.807, 2.05) is 30.3 Å². The van der Waals surface area contributed by atoms with E-state index >= 15 is 0 Å². The monoisotopic (exact) mass is 351 g/mol. The molecule has 0 spiro atoms. The topological polar surface area (TPSA) is 60.0 Å². The van der Waals surface area contributed by atoms with Gasteiger partial charge in [0.1, 0.15) is 0 Å². The van der Waals surface area contributed by atoms with Gasteiger partial charge in [-0.05, 0) is 23.3 Å². The molecule has 0 aliphatic heterocycles. The number of hydrogen-bond acceptors (Lipinski definition) is 4. The van der Waals surface area contributed by atoms with Gasteiger partial charge in [0.2, 0.25) is 0 Å². The summed E-state index contributed by atoms with van der Waals surface area (Å²) in [6.45, 7) is 0.